The van der Waals surface area contributed by atoms with Crippen LogP contribution in [0.4, 0.5) is 0 Å². The molecule has 1 aliphatic rings. The maximum atomic E-state index is 12.7. The molecule has 0 spiro atoms. The second-order valence-electron chi connectivity index (χ2n) is 6.34. The average Bonchev–Trinajstić information content (AvgIpc) is 3.17. The zero-order valence-electron chi connectivity index (χ0n) is 14.5. The van der Waals surface area contributed by atoms with Crippen LogP contribution >= 0.6 is 11.3 Å². The molecule has 1 saturated heterocycles. The third-order valence-corrected chi connectivity index (χ3v) is 5.56. The Morgan fingerprint density at radius 1 is 1.24 bits per heavy atom. The van der Waals surface area contributed by atoms with E-state index in [1.807, 2.05) is 40.6 Å². The van der Waals surface area contributed by atoms with Gasteiger partial charge in [-0.2, -0.15) is 0 Å². The number of carbonyl (C=O) groups is 2. The number of hydrogen-bond donors (Lipinski definition) is 2. The van der Waals surface area contributed by atoms with E-state index in [9.17, 15) is 9.59 Å². The Hall–Kier alpha value is -2.18. The fourth-order valence-electron chi connectivity index (χ4n) is 2.95. The van der Waals surface area contributed by atoms with E-state index in [0.29, 0.717) is 23.0 Å². The molecule has 1 fully saturated rings. The molecule has 1 aromatic heterocycles. The van der Waals surface area contributed by atoms with Gasteiger partial charge in [-0.15, -0.1) is 11.3 Å². The van der Waals surface area contributed by atoms with Crippen LogP contribution in [0, 0.1) is 0 Å². The predicted octanol–water partition coefficient (Wildman–Crippen LogP) is 2.50. The molecule has 1 aromatic carbocycles. The number of piperazine rings is 1. The molecule has 0 aliphatic carbocycles. The maximum Gasteiger partial charge on any atom is 0.261 e. The highest BCUT2D eigenvalue weighted by Crippen LogP contribution is 2.15. The lowest BCUT2D eigenvalue weighted by Gasteiger charge is -2.38. The molecular formula is C19H23N3O2S. The van der Waals surface area contributed by atoms with Crippen LogP contribution in [0.5, 0.6) is 0 Å². The lowest BCUT2D eigenvalue weighted by Crippen LogP contribution is -2.57. The third kappa shape index (κ3) is 4.08. The van der Waals surface area contributed by atoms with Gasteiger partial charge in [-0.25, -0.2) is 0 Å². The van der Waals surface area contributed by atoms with E-state index in [-0.39, 0.29) is 17.9 Å². The summed E-state index contributed by atoms with van der Waals surface area (Å²) < 4.78 is 0. The topological polar surface area (TPSA) is 61.4 Å². The van der Waals surface area contributed by atoms with E-state index >= 15 is 0 Å². The van der Waals surface area contributed by atoms with Crippen molar-refractivity contribution in [1.82, 2.24) is 15.5 Å². The van der Waals surface area contributed by atoms with Crippen molar-refractivity contribution in [1.29, 1.82) is 0 Å². The summed E-state index contributed by atoms with van der Waals surface area (Å²) in [7, 11) is 0. The zero-order chi connectivity index (χ0) is 17.8. The summed E-state index contributed by atoms with van der Waals surface area (Å²) >= 11 is 1.42. The van der Waals surface area contributed by atoms with E-state index < -0.39 is 0 Å². The molecule has 2 heterocycles. The molecule has 2 unspecified atom stereocenters. The highest BCUT2D eigenvalue weighted by Gasteiger charge is 2.28. The van der Waals surface area contributed by atoms with Gasteiger partial charge in [0.15, 0.2) is 0 Å². The second kappa shape index (κ2) is 7.80. The van der Waals surface area contributed by atoms with Gasteiger partial charge in [-0.05, 0) is 43.0 Å². The van der Waals surface area contributed by atoms with Gasteiger partial charge in [0.05, 0.1) is 4.88 Å². The fourth-order valence-corrected chi connectivity index (χ4v) is 3.59. The minimum absolute atomic E-state index is 0.0648. The maximum absolute atomic E-state index is 12.7. The molecule has 2 aromatic rings. The summed E-state index contributed by atoms with van der Waals surface area (Å²) in [6.07, 6.45) is 0. The minimum atomic E-state index is -0.0706. The lowest BCUT2D eigenvalue weighted by atomic mass is 10.0. The van der Waals surface area contributed by atoms with Crippen molar-refractivity contribution in [2.45, 2.75) is 32.5 Å². The largest absolute Gasteiger partial charge is 0.347 e. The van der Waals surface area contributed by atoms with Gasteiger partial charge < -0.3 is 15.5 Å². The molecule has 1 aliphatic heterocycles. The summed E-state index contributed by atoms with van der Waals surface area (Å²) in [6, 6.07) is 11.6. The molecule has 6 heteroatoms. The summed E-state index contributed by atoms with van der Waals surface area (Å²) in [5.74, 6) is -0.00574. The van der Waals surface area contributed by atoms with E-state index in [1.54, 1.807) is 6.07 Å². The van der Waals surface area contributed by atoms with Crippen LogP contribution in [0.3, 0.4) is 0 Å². The summed E-state index contributed by atoms with van der Waals surface area (Å²) in [6.45, 7) is 6.17. The first-order chi connectivity index (χ1) is 12.1. The lowest BCUT2D eigenvalue weighted by molar-refractivity contribution is 0.0602. The normalized spacial score (nSPS) is 20.3. The van der Waals surface area contributed by atoms with Gasteiger partial charge in [-0.3, -0.25) is 9.59 Å². The number of hydrogen-bond acceptors (Lipinski definition) is 4. The molecule has 0 radical (unpaired) electrons. The molecule has 2 amide bonds. The van der Waals surface area contributed by atoms with E-state index in [4.69, 9.17) is 0 Å². The Morgan fingerprint density at radius 2 is 2.00 bits per heavy atom. The van der Waals surface area contributed by atoms with Gasteiger partial charge >= 0.3 is 0 Å². The summed E-state index contributed by atoms with van der Waals surface area (Å²) in [4.78, 5) is 27.3. The number of benzene rings is 1. The second-order valence-corrected chi connectivity index (χ2v) is 7.29. The molecule has 0 saturated carbocycles. The van der Waals surface area contributed by atoms with Gasteiger partial charge in [-0.1, -0.05) is 18.2 Å². The summed E-state index contributed by atoms with van der Waals surface area (Å²) in [5.41, 5.74) is 1.66. The first-order valence-corrected chi connectivity index (χ1v) is 9.39. The molecule has 2 N–H and O–H groups in total. The number of rotatable bonds is 4. The highest BCUT2D eigenvalue weighted by atomic mass is 32.1. The average molecular weight is 357 g/mol. The smallest absolute Gasteiger partial charge is 0.261 e. The van der Waals surface area contributed by atoms with Crippen molar-refractivity contribution in [3.05, 3.63) is 57.8 Å². The molecule has 0 bridgehead atoms. The first kappa shape index (κ1) is 17.6. The van der Waals surface area contributed by atoms with Gasteiger partial charge in [0.1, 0.15) is 0 Å². The van der Waals surface area contributed by atoms with Crippen LogP contribution in [-0.4, -0.2) is 41.9 Å². The van der Waals surface area contributed by atoms with Crippen LogP contribution in [-0.2, 0) is 6.54 Å². The number of thiophene rings is 1. The first-order valence-electron chi connectivity index (χ1n) is 8.51. The van der Waals surface area contributed by atoms with E-state index in [2.05, 4.69) is 24.5 Å². The Morgan fingerprint density at radius 3 is 2.68 bits per heavy atom. The standard InChI is InChI=1S/C19H23N3O2S/c1-13-14(2)22(10-9-20-13)19(24)16-7-5-15(6-8-16)12-21-18(23)17-4-3-11-25-17/h3-8,11,13-14,20H,9-10,12H2,1-2H3,(H,21,23). The quantitative estimate of drug-likeness (QED) is 0.884. The zero-order valence-corrected chi connectivity index (χ0v) is 15.3. The van der Waals surface area contributed by atoms with Crippen molar-refractivity contribution in [3.8, 4) is 0 Å². The predicted molar refractivity (Wildman–Crippen MR) is 99.9 cm³/mol. The number of amides is 2. The Kier molecular flexibility index (Phi) is 5.50. The van der Waals surface area contributed by atoms with Crippen molar-refractivity contribution in [2.24, 2.45) is 0 Å². The number of nitrogens with zero attached hydrogens (tertiary/aromatic N) is 1. The molecule has 3 rings (SSSR count). The fraction of sp³-hybridized carbons (Fsp3) is 0.368. The Labute approximate surface area is 152 Å². The van der Waals surface area contributed by atoms with Crippen molar-refractivity contribution in [3.63, 3.8) is 0 Å². The van der Waals surface area contributed by atoms with Crippen LogP contribution in [0.1, 0.15) is 39.4 Å². The van der Waals surface area contributed by atoms with E-state index in [0.717, 1.165) is 18.7 Å². The molecule has 2 atom stereocenters. The Bertz CT molecular complexity index is 728. The number of nitrogens with one attached hydrogen (secondary N) is 2. The summed E-state index contributed by atoms with van der Waals surface area (Å²) in [5, 5.41) is 8.16. The molecule has 25 heavy (non-hydrogen) atoms. The van der Waals surface area contributed by atoms with E-state index in [1.165, 1.54) is 11.3 Å². The molecule has 5 nitrogen and oxygen atoms in total. The van der Waals surface area contributed by atoms with Crippen molar-refractivity contribution in [2.75, 3.05) is 13.1 Å². The van der Waals surface area contributed by atoms with Crippen molar-refractivity contribution >= 4 is 23.2 Å². The van der Waals surface area contributed by atoms with Crippen LogP contribution in [0.25, 0.3) is 0 Å². The minimum Gasteiger partial charge on any atom is -0.347 e. The Balaban J connectivity index is 1.60. The van der Waals surface area contributed by atoms with Crippen molar-refractivity contribution < 1.29 is 9.59 Å². The van der Waals surface area contributed by atoms with Crippen LogP contribution in [0.2, 0.25) is 0 Å². The molecular weight excluding hydrogens is 334 g/mol. The van der Waals surface area contributed by atoms with Gasteiger partial charge in [0, 0.05) is 37.3 Å². The monoisotopic (exact) mass is 357 g/mol. The SMILES string of the molecule is CC1NCCN(C(=O)c2ccc(CNC(=O)c3cccs3)cc2)C1C. The van der Waals surface area contributed by atoms with Crippen LogP contribution < -0.4 is 10.6 Å². The number of carbonyl (C=O) groups excluding carboxylic acids is 2. The molecule has 132 valence electrons. The van der Waals surface area contributed by atoms with Crippen LogP contribution in [0.15, 0.2) is 41.8 Å². The third-order valence-electron chi connectivity index (χ3n) is 4.69. The highest BCUT2D eigenvalue weighted by molar-refractivity contribution is 7.12. The van der Waals surface area contributed by atoms with Gasteiger partial charge in [0.2, 0.25) is 0 Å². The van der Waals surface area contributed by atoms with Gasteiger partial charge in [0.25, 0.3) is 11.8 Å².